The molecular weight excluding hydrogens is 224 g/mol. The van der Waals surface area contributed by atoms with Crippen molar-refractivity contribution < 1.29 is 4.79 Å². The fourth-order valence-corrected chi connectivity index (χ4v) is 1.89. The van der Waals surface area contributed by atoms with E-state index in [4.69, 9.17) is 5.73 Å². The molecule has 18 heavy (non-hydrogen) atoms. The van der Waals surface area contributed by atoms with Gasteiger partial charge in [0.05, 0.1) is 0 Å². The lowest BCUT2D eigenvalue weighted by Crippen LogP contribution is -2.24. The van der Waals surface area contributed by atoms with Crippen LogP contribution in [0.15, 0.2) is 35.1 Å². The Morgan fingerprint density at radius 2 is 2.33 bits per heavy atom. The Morgan fingerprint density at radius 1 is 1.61 bits per heavy atom. The number of allylic oxidation sites excluding steroid dienone is 5. The van der Waals surface area contributed by atoms with Crippen LogP contribution in [0.4, 0.5) is 0 Å². The molecule has 1 rings (SSSR count). The van der Waals surface area contributed by atoms with Crippen LogP contribution in [0.2, 0.25) is 0 Å². The molecule has 3 heteroatoms. The van der Waals surface area contributed by atoms with Gasteiger partial charge in [0.1, 0.15) is 0 Å². The van der Waals surface area contributed by atoms with E-state index in [2.05, 4.69) is 31.3 Å². The Bertz CT molecular complexity index is 391. The summed E-state index contributed by atoms with van der Waals surface area (Å²) in [5.41, 5.74) is 9.30. The zero-order valence-corrected chi connectivity index (χ0v) is 11.6. The lowest BCUT2D eigenvalue weighted by molar-refractivity contribution is -0.120. The van der Waals surface area contributed by atoms with Crippen LogP contribution in [0.3, 0.4) is 0 Å². The quantitative estimate of drug-likeness (QED) is 0.786. The number of nitrogens with two attached hydrogens (primary N) is 1. The molecule has 0 bridgehead atoms. The summed E-state index contributed by atoms with van der Waals surface area (Å²) < 4.78 is 0. The van der Waals surface area contributed by atoms with Crippen LogP contribution in [0.25, 0.3) is 0 Å². The van der Waals surface area contributed by atoms with E-state index in [1.807, 2.05) is 13.0 Å². The van der Waals surface area contributed by atoms with Crippen molar-refractivity contribution in [3.05, 3.63) is 35.1 Å². The molecule has 0 aromatic carbocycles. The summed E-state index contributed by atoms with van der Waals surface area (Å²) in [6, 6.07) is 0. The molecule has 0 saturated carbocycles. The summed E-state index contributed by atoms with van der Waals surface area (Å²) in [5, 5.41) is 2.83. The molecule has 0 fully saturated rings. The number of rotatable bonds is 5. The molecule has 1 atom stereocenters. The third kappa shape index (κ3) is 4.78. The van der Waals surface area contributed by atoms with Crippen LogP contribution in [0.5, 0.6) is 0 Å². The van der Waals surface area contributed by atoms with E-state index in [0.29, 0.717) is 25.3 Å². The minimum atomic E-state index is 0.0735. The standard InChI is InChI=1S/C15H24N2O/c1-4-15(18)17-8-7-14(16)10-13-9-11(2)5-6-12(13)3/h6,9-11H,4-5,7-8,16H2,1-3H3,(H,17,18)/b14-10-. The number of hydrogen-bond acceptors (Lipinski definition) is 2. The van der Waals surface area contributed by atoms with Gasteiger partial charge in [0, 0.05) is 25.1 Å². The second kappa shape index (κ2) is 7.04. The molecule has 0 saturated heterocycles. The number of nitrogens with one attached hydrogen (secondary N) is 1. The number of hydrogen-bond donors (Lipinski definition) is 2. The van der Waals surface area contributed by atoms with Gasteiger partial charge in [-0.25, -0.2) is 0 Å². The molecule has 1 aliphatic carbocycles. The maximum absolute atomic E-state index is 11.1. The van der Waals surface area contributed by atoms with Crippen LogP contribution < -0.4 is 11.1 Å². The van der Waals surface area contributed by atoms with Crippen molar-refractivity contribution >= 4 is 5.91 Å². The smallest absolute Gasteiger partial charge is 0.219 e. The second-order valence-corrected chi connectivity index (χ2v) is 4.89. The molecule has 1 aliphatic rings. The molecule has 0 radical (unpaired) electrons. The van der Waals surface area contributed by atoms with Crippen LogP contribution in [-0.2, 0) is 4.79 Å². The van der Waals surface area contributed by atoms with Crippen molar-refractivity contribution in [3.63, 3.8) is 0 Å². The Labute approximate surface area is 110 Å². The highest BCUT2D eigenvalue weighted by Gasteiger charge is 2.08. The normalized spacial score (nSPS) is 20.2. The molecule has 0 aromatic rings. The van der Waals surface area contributed by atoms with Gasteiger partial charge in [-0.2, -0.15) is 0 Å². The number of amides is 1. The average Bonchev–Trinajstić information content (AvgIpc) is 2.33. The minimum absolute atomic E-state index is 0.0735. The van der Waals surface area contributed by atoms with Crippen LogP contribution >= 0.6 is 0 Å². The van der Waals surface area contributed by atoms with Crippen molar-refractivity contribution in [1.82, 2.24) is 5.32 Å². The van der Waals surface area contributed by atoms with Gasteiger partial charge in [0.2, 0.25) is 5.91 Å². The van der Waals surface area contributed by atoms with Crippen LogP contribution in [0.1, 0.15) is 40.0 Å². The van der Waals surface area contributed by atoms with E-state index in [1.54, 1.807) is 0 Å². The van der Waals surface area contributed by atoms with Crippen molar-refractivity contribution in [2.45, 2.75) is 40.0 Å². The molecule has 100 valence electrons. The first kappa shape index (κ1) is 14.6. The monoisotopic (exact) mass is 248 g/mol. The van der Waals surface area contributed by atoms with Gasteiger partial charge < -0.3 is 11.1 Å². The fourth-order valence-electron chi connectivity index (χ4n) is 1.89. The zero-order chi connectivity index (χ0) is 13.5. The van der Waals surface area contributed by atoms with Crippen molar-refractivity contribution in [1.29, 1.82) is 0 Å². The molecule has 3 nitrogen and oxygen atoms in total. The first-order valence-electron chi connectivity index (χ1n) is 6.64. The molecular formula is C15H24N2O. The van der Waals surface area contributed by atoms with Crippen LogP contribution in [0, 0.1) is 5.92 Å². The largest absolute Gasteiger partial charge is 0.402 e. The Kier molecular flexibility index (Phi) is 5.69. The van der Waals surface area contributed by atoms with Gasteiger partial charge in [0.15, 0.2) is 0 Å². The number of carbonyl (C=O) groups excluding carboxylic acids is 1. The van der Waals surface area contributed by atoms with Gasteiger partial charge in [-0.15, -0.1) is 0 Å². The lowest BCUT2D eigenvalue weighted by atomic mass is 9.92. The Balaban J connectivity index is 2.50. The van der Waals surface area contributed by atoms with E-state index < -0.39 is 0 Å². The molecule has 0 spiro atoms. The minimum Gasteiger partial charge on any atom is -0.402 e. The summed E-state index contributed by atoms with van der Waals surface area (Å²) in [6.07, 6.45) is 8.86. The third-order valence-electron chi connectivity index (χ3n) is 3.11. The van der Waals surface area contributed by atoms with Gasteiger partial charge >= 0.3 is 0 Å². The predicted molar refractivity (Wildman–Crippen MR) is 75.8 cm³/mol. The topological polar surface area (TPSA) is 55.1 Å². The summed E-state index contributed by atoms with van der Waals surface area (Å²) in [4.78, 5) is 11.1. The molecule has 0 aromatic heterocycles. The van der Waals surface area contributed by atoms with E-state index in [0.717, 1.165) is 12.1 Å². The SMILES string of the molecule is CCC(=O)NCC/C(N)=C/C1=CC(C)CC=C1C. The van der Waals surface area contributed by atoms with E-state index in [1.165, 1.54) is 11.1 Å². The first-order valence-corrected chi connectivity index (χ1v) is 6.64. The molecule has 0 aliphatic heterocycles. The summed E-state index contributed by atoms with van der Waals surface area (Å²) in [7, 11) is 0. The van der Waals surface area contributed by atoms with Gasteiger partial charge in [-0.3, -0.25) is 4.79 Å². The zero-order valence-electron chi connectivity index (χ0n) is 11.6. The van der Waals surface area contributed by atoms with Gasteiger partial charge in [-0.1, -0.05) is 26.0 Å². The maximum atomic E-state index is 11.1. The van der Waals surface area contributed by atoms with E-state index >= 15 is 0 Å². The molecule has 0 heterocycles. The lowest BCUT2D eigenvalue weighted by Gasteiger charge is -2.15. The molecule has 3 N–H and O–H groups in total. The third-order valence-corrected chi connectivity index (χ3v) is 3.11. The second-order valence-electron chi connectivity index (χ2n) is 4.89. The molecule has 1 unspecified atom stereocenters. The summed E-state index contributed by atoms with van der Waals surface area (Å²) in [5.74, 6) is 0.650. The van der Waals surface area contributed by atoms with E-state index in [9.17, 15) is 4.79 Å². The number of carbonyl (C=O) groups is 1. The highest BCUT2D eigenvalue weighted by Crippen LogP contribution is 2.23. The average molecular weight is 248 g/mol. The molecule has 1 amide bonds. The van der Waals surface area contributed by atoms with E-state index in [-0.39, 0.29) is 5.91 Å². The van der Waals surface area contributed by atoms with Crippen LogP contribution in [-0.4, -0.2) is 12.5 Å². The van der Waals surface area contributed by atoms with Crippen molar-refractivity contribution in [3.8, 4) is 0 Å². The van der Waals surface area contributed by atoms with Crippen molar-refractivity contribution in [2.75, 3.05) is 6.54 Å². The summed E-state index contributed by atoms with van der Waals surface area (Å²) >= 11 is 0. The highest BCUT2D eigenvalue weighted by atomic mass is 16.1. The van der Waals surface area contributed by atoms with Gasteiger partial charge in [-0.05, 0) is 36.5 Å². The maximum Gasteiger partial charge on any atom is 0.219 e. The fraction of sp³-hybridized carbons (Fsp3) is 0.533. The highest BCUT2D eigenvalue weighted by molar-refractivity contribution is 5.75. The predicted octanol–water partition coefficient (Wildman–Crippen LogP) is 2.66. The van der Waals surface area contributed by atoms with Gasteiger partial charge in [0.25, 0.3) is 0 Å². The summed E-state index contributed by atoms with van der Waals surface area (Å²) in [6.45, 7) is 6.77. The Hall–Kier alpha value is -1.51. The Morgan fingerprint density at radius 3 is 3.00 bits per heavy atom. The first-order chi connectivity index (χ1) is 8.52. The van der Waals surface area contributed by atoms with Crippen molar-refractivity contribution in [2.24, 2.45) is 11.7 Å².